The quantitative estimate of drug-likeness (QED) is 0.328. The summed E-state index contributed by atoms with van der Waals surface area (Å²) in [4.78, 5) is 12.6. The molecule has 0 fully saturated rings. The minimum absolute atomic E-state index is 0.213. The standard InChI is InChI=1S/C27H32ClNO5/c1-6-31-23-10-8-19(13-26(23)32-7-2)15-29-27(30)24-11-9-20(34-24)16-33-25-12-18(5)22(28)14-21(25)17(3)4/h8-14,17H,6-7,15-16H2,1-5H3,(H,29,30). The summed E-state index contributed by atoms with van der Waals surface area (Å²) in [7, 11) is 0. The number of benzene rings is 2. The Labute approximate surface area is 206 Å². The summed E-state index contributed by atoms with van der Waals surface area (Å²) in [5.41, 5.74) is 2.87. The highest BCUT2D eigenvalue weighted by Gasteiger charge is 2.15. The topological polar surface area (TPSA) is 69.9 Å². The summed E-state index contributed by atoms with van der Waals surface area (Å²) in [6.07, 6.45) is 0. The summed E-state index contributed by atoms with van der Waals surface area (Å²) in [6, 6.07) is 12.9. The van der Waals surface area contributed by atoms with Crippen LogP contribution in [0.3, 0.4) is 0 Å². The van der Waals surface area contributed by atoms with E-state index in [0.717, 1.165) is 22.4 Å². The monoisotopic (exact) mass is 485 g/mol. The molecule has 0 aliphatic rings. The molecule has 3 rings (SSSR count). The van der Waals surface area contributed by atoms with Gasteiger partial charge in [0.1, 0.15) is 18.1 Å². The van der Waals surface area contributed by atoms with Crippen LogP contribution in [0.15, 0.2) is 46.9 Å². The Balaban J connectivity index is 1.61. The van der Waals surface area contributed by atoms with Crippen LogP contribution in [0.1, 0.15) is 66.6 Å². The van der Waals surface area contributed by atoms with E-state index in [1.165, 1.54) is 0 Å². The lowest BCUT2D eigenvalue weighted by molar-refractivity contribution is 0.0919. The third-order valence-corrected chi connectivity index (χ3v) is 5.64. The van der Waals surface area contributed by atoms with Crippen molar-refractivity contribution < 1.29 is 23.4 Å². The van der Waals surface area contributed by atoms with Crippen LogP contribution >= 0.6 is 11.6 Å². The SMILES string of the molecule is CCOc1ccc(CNC(=O)c2ccc(COc3cc(C)c(Cl)cc3C(C)C)o2)cc1OCC. The third-order valence-electron chi connectivity index (χ3n) is 5.23. The second kappa shape index (κ2) is 11.8. The van der Waals surface area contributed by atoms with Crippen LogP contribution in [0.4, 0.5) is 0 Å². The number of hydrogen-bond donors (Lipinski definition) is 1. The van der Waals surface area contributed by atoms with Crippen molar-refractivity contribution in [2.45, 2.75) is 53.7 Å². The maximum Gasteiger partial charge on any atom is 0.287 e. The van der Waals surface area contributed by atoms with Gasteiger partial charge in [0.25, 0.3) is 5.91 Å². The number of halogens is 1. The molecule has 182 valence electrons. The predicted octanol–water partition coefficient (Wildman–Crippen LogP) is 6.67. The molecule has 0 saturated carbocycles. The minimum atomic E-state index is -0.302. The van der Waals surface area contributed by atoms with Crippen molar-refractivity contribution in [3.05, 3.63) is 75.7 Å². The van der Waals surface area contributed by atoms with Crippen LogP contribution in [0, 0.1) is 6.92 Å². The molecule has 1 aromatic heterocycles. The molecular formula is C27H32ClNO5. The number of carbonyl (C=O) groups excluding carboxylic acids is 1. The fourth-order valence-electron chi connectivity index (χ4n) is 3.45. The highest BCUT2D eigenvalue weighted by atomic mass is 35.5. The summed E-state index contributed by atoms with van der Waals surface area (Å²) < 4.78 is 22.9. The zero-order valence-corrected chi connectivity index (χ0v) is 21.1. The van der Waals surface area contributed by atoms with Gasteiger partial charge in [0.15, 0.2) is 17.3 Å². The average Bonchev–Trinajstić information content (AvgIpc) is 3.29. The van der Waals surface area contributed by atoms with Crippen LogP contribution in [0.2, 0.25) is 5.02 Å². The number of nitrogens with one attached hydrogen (secondary N) is 1. The highest BCUT2D eigenvalue weighted by Crippen LogP contribution is 2.32. The Morgan fingerprint density at radius 3 is 2.41 bits per heavy atom. The van der Waals surface area contributed by atoms with E-state index in [1.54, 1.807) is 12.1 Å². The molecule has 0 aliphatic heterocycles. The van der Waals surface area contributed by atoms with E-state index in [-0.39, 0.29) is 24.2 Å². The summed E-state index contributed by atoms with van der Waals surface area (Å²) in [5.74, 6) is 2.86. The Morgan fingerprint density at radius 1 is 0.971 bits per heavy atom. The van der Waals surface area contributed by atoms with Gasteiger partial charge in [-0.05, 0) is 79.8 Å². The second-order valence-corrected chi connectivity index (χ2v) is 8.59. The van der Waals surface area contributed by atoms with Crippen LogP contribution in [-0.4, -0.2) is 19.1 Å². The Morgan fingerprint density at radius 2 is 1.71 bits per heavy atom. The van der Waals surface area contributed by atoms with Gasteiger partial charge >= 0.3 is 0 Å². The molecule has 0 unspecified atom stereocenters. The average molecular weight is 486 g/mol. The van der Waals surface area contributed by atoms with Gasteiger partial charge in [-0.15, -0.1) is 0 Å². The molecule has 1 amide bonds. The Bertz CT molecular complexity index is 1120. The molecule has 0 atom stereocenters. The van der Waals surface area contributed by atoms with Crippen LogP contribution in [0.5, 0.6) is 17.2 Å². The molecule has 34 heavy (non-hydrogen) atoms. The van der Waals surface area contributed by atoms with Gasteiger partial charge in [0.2, 0.25) is 0 Å². The first-order valence-electron chi connectivity index (χ1n) is 11.5. The number of ether oxygens (including phenoxy) is 3. The third kappa shape index (κ3) is 6.48. The first kappa shape index (κ1) is 25.5. The molecule has 0 aliphatic carbocycles. The van der Waals surface area contributed by atoms with E-state index in [9.17, 15) is 4.79 Å². The fraction of sp³-hybridized carbons (Fsp3) is 0.370. The van der Waals surface area contributed by atoms with Gasteiger partial charge < -0.3 is 23.9 Å². The van der Waals surface area contributed by atoms with E-state index >= 15 is 0 Å². The summed E-state index contributed by atoms with van der Waals surface area (Å²) in [5, 5.41) is 3.59. The molecule has 6 nitrogen and oxygen atoms in total. The van der Waals surface area contributed by atoms with E-state index in [0.29, 0.717) is 42.0 Å². The Hall–Kier alpha value is -3.12. The second-order valence-electron chi connectivity index (χ2n) is 8.18. The summed E-state index contributed by atoms with van der Waals surface area (Å²) in [6.45, 7) is 11.6. The van der Waals surface area contributed by atoms with E-state index in [2.05, 4.69) is 19.2 Å². The maximum atomic E-state index is 12.6. The van der Waals surface area contributed by atoms with Gasteiger partial charge in [0.05, 0.1) is 13.2 Å². The van der Waals surface area contributed by atoms with Crippen molar-refractivity contribution in [3.8, 4) is 17.2 Å². The molecule has 1 heterocycles. The van der Waals surface area contributed by atoms with Crippen LogP contribution in [0.25, 0.3) is 0 Å². The van der Waals surface area contributed by atoms with Gasteiger partial charge in [-0.1, -0.05) is 31.5 Å². The molecule has 2 aromatic carbocycles. The first-order valence-corrected chi connectivity index (χ1v) is 11.9. The zero-order chi connectivity index (χ0) is 24.7. The van der Waals surface area contributed by atoms with E-state index in [1.807, 2.05) is 51.1 Å². The van der Waals surface area contributed by atoms with E-state index in [4.69, 9.17) is 30.2 Å². The minimum Gasteiger partial charge on any atom is -0.490 e. The number of aryl methyl sites for hydroxylation is 1. The van der Waals surface area contributed by atoms with Crippen molar-refractivity contribution in [1.29, 1.82) is 0 Å². The lowest BCUT2D eigenvalue weighted by Gasteiger charge is -2.15. The smallest absolute Gasteiger partial charge is 0.287 e. The normalized spacial score (nSPS) is 10.9. The molecule has 1 N–H and O–H groups in total. The van der Waals surface area contributed by atoms with Crippen molar-refractivity contribution >= 4 is 17.5 Å². The van der Waals surface area contributed by atoms with Crippen molar-refractivity contribution in [2.75, 3.05) is 13.2 Å². The van der Waals surface area contributed by atoms with Gasteiger partial charge in [-0.3, -0.25) is 4.79 Å². The van der Waals surface area contributed by atoms with Crippen molar-refractivity contribution in [1.82, 2.24) is 5.32 Å². The van der Waals surface area contributed by atoms with Crippen molar-refractivity contribution in [2.24, 2.45) is 0 Å². The zero-order valence-electron chi connectivity index (χ0n) is 20.4. The first-order chi connectivity index (χ1) is 16.3. The number of rotatable bonds is 11. The molecule has 3 aromatic rings. The van der Waals surface area contributed by atoms with Crippen LogP contribution in [-0.2, 0) is 13.2 Å². The number of amides is 1. The van der Waals surface area contributed by atoms with Gasteiger partial charge in [-0.2, -0.15) is 0 Å². The number of furan rings is 1. The molecule has 0 bridgehead atoms. The Kier molecular flexibility index (Phi) is 8.88. The van der Waals surface area contributed by atoms with Gasteiger partial charge in [-0.25, -0.2) is 0 Å². The predicted molar refractivity (Wildman–Crippen MR) is 133 cm³/mol. The molecule has 0 radical (unpaired) electrons. The number of hydrogen-bond acceptors (Lipinski definition) is 5. The number of carbonyl (C=O) groups is 1. The van der Waals surface area contributed by atoms with Crippen LogP contribution < -0.4 is 19.5 Å². The van der Waals surface area contributed by atoms with Crippen molar-refractivity contribution in [3.63, 3.8) is 0 Å². The molecule has 0 saturated heterocycles. The lowest BCUT2D eigenvalue weighted by atomic mass is 10.0. The largest absolute Gasteiger partial charge is 0.490 e. The maximum absolute atomic E-state index is 12.6. The van der Waals surface area contributed by atoms with Gasteiger partial charge in [0, 0.05) is 11.6 Å². The van der Waals surface area contributed by atoms with E-state index < -0.39 is 0 Å². The molecule has 0 spiro atoms. The highest BCUT2D eigenvalue weighted by molar-refractivity contribution is 6.31. The fourth-order valence-corrected chi connectivity index (χ4v) is 3.62. The summed E-state index contributed by atoms with van der Waals surface area (Å²) >= 11 is 6.27. The molecular weight excluding hydrogens is 454 g/mol. The lowest BCUT2D eigenvalue weighted by Crippen LogP contribution is -2.22. The molecule has 7 heteroatoms.